The third-order valence-corrected chi connectivity index (χ3v) is 5.58. The number of ether oxygens (including phenoxy) is 8. The van der Waals surface area contributed by atoms with Crippen LogP contribution in [0.25, 0.3) is 0 Å². The molecule has 0 aromatic heterocycles. The van der Waals surface area contributed by atoms with Gasteiger partial charge in [-0.1, -0.05) is 0 Å². The van der Waals surface area contributed by atoms with Gasteiger partial charge in [-0.25, -0.2) is 0 Å². The first-order valence-electron chi connectivity index (χ1n) is 11.3. The van der Waals surface area contributed by atoms with Crippen molar-refractivity contribution >= 4 is 29.8 Å². The first-order valence-corrected chi connectivity index (χ1v) is 11.3. The second-order valence-electron chi connectivity index (χ2n) is 8.15. The summed E-state index contributed by atoms with van der Waals surface area (Å²) in [5.41, 5.74) is -3.02. The average Bonchev–Trinajstić information content (AvgIpc) is 2.79. The lowest BCUT2D eigenvalue weighted by atomic mass is 9.53. The standard InChI is InChI=1S/C22H33NO13/c1-13(24)23-22-19(35-16(4)27)18(34-15(3)26)21(22,12-33-14(2)25)36-20(22)32-11-10-31-9-8-30-7-6-17(28)29-5/h18-20H,6-12H2,1-5H3,(H,23,24). The molecule has 0 spiro atoms. The lowest BCUT2D eigenvalue weighted by Gasteiger charge is -2.73. The molecule has 0 bridgehead atoms. The smallest absolute Gasteiger partial charge is 0.307 e. The van der Waals surface area contributed by atoms with Gasteiger partial charge in [-0.15, -0.1) is 0 Å². The fraction of sp³-hybridized carbons (Fsp3) is 0.773. The highest BCUT2D eigenvalue weighted by molar-refractivity contribution is 5.76. The number of nitrogens with one attached hydrogen (secondary N) is 1. The van der Waals surface area contributed by atoms with Crippen molar-refractivity contribution in [2.45, 2.75) is 63.8 Å². The minimum absolute atomic E-state index is 0.0167. The van der Waals surface area contributed by atoms with Crippen LogP contribution in [0.1, 0.15) is 34.1 Å². The topological polar surface area (TPSA) is 171 Å². The highest BCUT2D eigenvalue weighted by Crippen LogP contribution is 2.60. The minimum Gasteiger partial charge on any atom is -0.469 e. The summed E-state index contributed by atoms with van der Waals surface area (Å²) in [6.45, 7) is 5.18. The normalized spacial score (nSPS) is 28.0. The predicted molar refractivity (Wildman–Crippen MR) is 116 cm³/mol. The van der Waals surface area contributed by atoms with E-state index in [1.807, 2.05) is 0 Å². The van der Waals surface area contributed by atoms with Crippen molar-refractivity contribution in [2.75, 3.05) is 46.8 Å². The second-order valence-corrected chi connectivity index (χ2v) is 8.15. The summed E-state index contributed by atoms with van der Waals surface area (Å²) in [7, 11) is 1.29. The Morgan fingerprint density at radius 3 is 1.94 bits per heavy atom. The highest BCUT2D eigenvalue weighted by Gasteiger charge is 2.89. The Hall–Kier alpha value is -2.81. The Bertz CT molecular complexity index is 833. The molecule has 1 saturated carbocycles. The summed E-state index contributed by atoms with van der Waals surface area (Å²) in [6, 6.07) is 0. The summed E-state index contributed by atoms with van der Waals surface area (Å²) >= 11 is 0. The first-order chi connectivity index (χ1) is 17.0. The molecule has 2 aliphatic rings. The Morgan fingerprint density at radius 1 is 0.806 bits per heavy atom. The molecular formula is C22H33NO13. The van der Waals surface area contributed by atoms with Crippen molar-refractivity contribution in [1.82, 2.24) is 5.32 Å². The van der Waals surface area contributed by atoms with Gasteiger partial charge in [-0.2, -0.15) is 0 Å². The number of amides is 1. The van der Waals surface area contributed by atoms with Crippen LogP contribution in [0.5, 0.6) is 0 Å². The van der Waals surface area contributed by atoms with Gasteiger partial charge in [0.25, 0.3) is 0 Å². The van der Waals surface area contributed by atoms with Crippen LogP contribution in [-0.2, 0) is 61.9 Å². The number of fused-ring (bicyclic) bond motifs is 1. The highest BCUT2D eigenvalue weighted by atomic mass is 16.8. The van der Waals surface area contributed by atoms with Gasteiger partial charge < -0.3 is 43.2 Å². The van der Waals surface area contributed by atoms with Crippen LogP contribution in [0, 0.1) is 0 Å². The zero-order valence-corrected chi connectivity index (χ0v) is 21.0. The van der Waals surface area contributed by atoms with Crippen LogP contribution in [0.2, 0.25) is 0 Å². The van der Waals surface area contributed by atoms with Gasteiger partial charge in [-0.05, 0) is 0 Å². The number of esters is 4. The number of carbonyl (C=O) groups excluding carboxylic acids is 5. The van der Waals surface area contributed by atoms with E-state index in [1.54, 1.807) is 0 Å². The van der Waals surface area contributed by atoms with Crippen molar-refractivity contribution in [3.05, 3.63) is 0 Å². The van der Waals surface area contributed by atoms with Gasteiger partial charge in [0.15, 0.2) is 29.6 Å². The molecule has 2 fully saturated rings. The fourth-order valence-corrected chi connectivity index (χ4v) is 4.19. The first kappa shape index (κ1) is 29.4. The summed E-state index contributed by atoms with van der Waals surface area (Å²) in [5, 5.41) is 2.71. The molecule has 204 valence electrons. The molecule has 1 saturated heterocycles. The maximum Gasteiger partial charge on any atom is 0.307 e. The SMILES string of the molecule is COC(=O)CCOCCOCCOC1OC2(COC(C)=O)C(OC(C)=O)C(OC(C)=O)C12NC(C)=O. The van der Waals surface area contributed by atoms with Gasteiger partial charge >= 0.3 is 23.9 Å². The molecule has 1 amide bonds. The van der Waals surface area contributed by atoms with Crippen LogP contribution in [-0.4, -0.2) is 106 Å². The third-order valence-electron chi connectivity index (χ3n) is 5.58. The molecule has 0 aromatic rings. The third kappa shape index (κ3) is 6.49. The van der Waals surface area contributed by atoms with E-state index in [0.717, 1.165) is 13.8 Å². The summed E-state index contributed by atoms with van der Waals surface area (Å²) < 4.78 is 42.7. The molecule has 5 atom stereocenters. The van der Waals surface area contributed by atoms with Gasteiger partial charge in [0.2, 0.25) is 5.91 Å². The molecule has 1 heterocycles. The molecule has 2 rings (SSSR count). The maximum absolute atomic E-state index is 12.1. The van der Waals surface area contributed by atoms with Gasteiger partial charge in [0.1, 0.15) is 6.61 Å². The lowest BCUT2D eigenvalue weighted by molar-refractivity contribution is -0.473. The number of hydrogen-bond acceptors (Lipinski definition) is 13. The van der Waals surface area contributed by atoms with Crippen LogP contribution in [0.4, 0.5) is 0 Å². The number of methoxy groups -OCH3 is 1. The Kier molecular flexibility index (Phi) is 10.6. The Labute approximate surface area is 208 Å². The van der Waals surface area contributed by atoms with E-state index in [9.17, 15) is 24.0 Å². The summed E-state index contributed by atoms with van der Waals surface area (Å²) in [6.07, 6.45) is -3.32. The molecule has 14 nitrogen and oxygen atoms in total. The van der Waals surface area contributed by atoms with Crippen molar-refractivity contribution < 1.29 is 61.9 Å². The zero-order valence-electron chi connectivity index (χ0n) is 21.0. The fourth-order valence-electron chi connectivity index (χ4n) is 4.19. The van der Waals surface area contributed by atoms with E-state index in [4.69, 9.17) is 33.2 Å². The van der Waals surface area contributed by atoms with Crippen LogP contribution in [0.3, 0.4) is 0 Å². The number of hydrogen-bond donors (Lipinski definition) is 1. The van der Waals surface area contributed by atoms with E-state index in [2.05, 4.69) is 10.1 Å². The van der Waals surface area contributed by atoms with E-state index >= 15 is 0 Å². The van der Waals surface area contributed by atoms with Crippen molar-refractivity contribution in [3.8, 4) is 0 Å². The van der Waals surface area contributed by atoms with Crippen LogP contribution in [0.15, 0.2) is 0 Å². The summed E-state index contributed by atoms with van der Waals surface area (Å²) in [5.74, 6) is -2.89. The second kappa shape index (κ2) is 12.9. The Morgan fingerprint density at radius 2 is 1.39 bits per heavy atom. The van der Waals surface area contributed by atoms with Crippen molar-refractivity contribution in [1.29, 1.82) is 0 Å². The van der Waals surface area contributed by atoms with E-state index in [0.29, 0.717) is 0 Å². The molecule has 36 heavy (non-hydrogen) atoms. The lowest BCUT2D eigenvalue weighted by Crippen LogP contribution is -3.01. The predicted octanol–water partition coefficient (Wildman–Crippen LogP) is -0.991. The molecule has 5 unspecified atom stereocenters. The Balaban J connectivity index is 2.03. The molecule has 0 aromatic carbocycles. The summed E-state index contributed by atoms with van der Waals surface area (Å²) in [4.78, 5) is 58.2. The van der Waals surface area contributed by atoms with E-state index < -0.39 is 60.1 Å². The largest absolute Gasteiger partial charge is 0.469 e. The van der Waals surface area contributed by atoms with Crippen LogP contribution < -0.4 is 5.32 Å². The van der Waals surface area contributed by atoms with Gasteiger partial charge in [0, 0.05) is 27.7 Å². The number of rotatable bonds is 15. The van der Waals surface area contributed by atoms with E-state index in [-0.39, 0.29) is 45.4 Å². The molecule has 1 aliphatic carbocycles. The van der Waals surface area contributed by atoms with Crippen LogP contribution >= 0.6 is 0 Å². The maximum atomic E-state index is 12.1. The number of carbonyl (C=O) groups is 5. The minimum atomic E-state index is -1.53. The van der Waals surface area contributed by atoms with Crippen molar-refractivity contribution in [3.63, 3.8) is 0 Å². The van der Waals surface area contributed by atoms with Crippen molar-refractivity contribution in [2.24, 2.45) is 0 Å². The molecule has 1 N–H and O–H groups in total. The zero-order chi connectivity index (χ0) is 26.9. The van der Waals surface area contributed by atoms with E-state index in [1.165, 1.54) is 21.0 Å². The molecule has 14 heteroatoms. The quantitative estimate of drug-likeness (QED) is 0.159. The molecular weight excluding hydrogens is 486 g/mol. The molecule has 1 aliphatic heterocycles. The average molecular weight is 520 g/mol. The molecule has 0 radical (unpaired) electrons. The van der Waals surface area contributed by atoms with Gasteiger partial charge in [0.05, 0.1) is 46.6 Å². The monoisotopic (exact) mass is 519 g/mol. The van der Waals surface area contributed by atoms with Gasteiger partial charge in [-0.3, -0.25) is 24.0 Å².